The number of fused-ring (bicyclic) bond motifs is 1. The Bertz CT molecular complexity index is 1090. The lowest BCUT2D eigenvalue weighted by atomic mass is 10.1. The Hall–Kier alpha value is -3.33. The quantitative estimate of drug-likeness (QED) is 0.618. The lowest BCUT2D eigenvalue weighted by Gasteiger charge is -2.08. The van der Waals surface area contributed by atoms with E-state index in [0.717, 1.165) is 11.3 Å². The Morgan fingerprint density at radius 3 is 2.59 bits per heavy atom. The number of anilines is 1. The zero-order valence-electron chi connectivity index (χ0n) is 16.1. The topological polar surface area (TPSA) is 107 Å². The van der Waals surface area contributed by atoms with Crippen molar-refractivity contribution in [3.63, 3.8) is 0 Å². The number of amides is 1. The van der Waals surface area contributed by atoms with Gasteiger partial charge in [-0.3, -0.25) is 15.1 Å². The van der Waals surface area contributed by atoms with Gasteiger partial charge in [-0.05, 0) is 32.9 Å². The van der Waals surface area contributed by atoms with Gasteiger partial charge in [-0.1, -0.05) is 29.5 Å². The molecule has 0 aliphatic rings. The van der Waals surface area contributed by atoms with Crippen molar-refractivity contribution in [2.45, 2.75) is 20.8 Å². The SMILES string of the molecule is CCOC(=O)c1sc(NC(=O)COC(=O)c2cc(C)nc3ccccc23)nc1C. The average molecular weight is 413 g/mol. The Morgan fingerprint density at radius 2 is 1.83 bits per heavy atom. The fourth-order valence-electron chi connectivity index (χ4n) is 2.68. The molecule has 1 N–H and O–H groups in total. The highest BCUT2D eigenvalue weighted by atomic mass is 32.1. The molecule has 0 aliphatic heterocycles. The minimum absolute atomic E-state index is 0.233. The predicted molar refractivity (Wildman–Crippen MR) is 108 cm³/mol. The van der Waals surface area contributed by atoms with E-state index in [2.05, 4.69) is 15.3 Å². The van der Waals surface area contributed by atoms with Gasteiger partial charge < -0.3 is 9.47 Å². The van der Waals surface area contributed by atoms with Crippen molar-refractivity contribution in [3.05, 3.63) is 52.2 Å². The standard InChI is InChI=1S/C20H19N3O5S/c1-4-27-19(26)17-12(3)22-20(29-17)23-16(24)10-28-18(25)14-9-11(2)21-15-8-6-5-7-13(14)15/h5-9H,4,10H2,1-3H3,(H,22,23,24). The largest absolute Gasteiger partial charge is 0.462 e. The van der Waals surface area contributed by atoms with Gasteiger partial charge >= 0.3 is 11.9 Å². The summed E-state index contributed by atoms with van der Waals surface area (Å²) in [6.45, 7) is 4.90. The molecule has 1 aromatic carbocycles. The van der Waals surface area contributed by atoms with Crippen LogP contribution in [-0.4, -0.2) is 41.0 Å². The van der Waals surface area contributed by atoms with Gasteiger partial charge in [0.25, 0.3) is 5.91 Å². The maximum absolute atomic E-state index is 12.5. The van der Waals surface area contributed by atoms with Crippen LogP contribution >= 0.6 is 11.3 Å². The van der Waals surface area contributed by atoms with Crippen LogP contribution in [0.15, 0.2) is 30.3 Å². The van der Waals surface area contributed by atoms with Crippen LogP contribution in [0, 0.1) is 13.8 Å². The number of thiazole rings is 1. The molecule has 0 spiro atoms. The molecule has 0 atom stereocenters. The summed E-state index contributed by atoms with van der Waals surface area (Å²) in [6, 6.07) is 8.83. The number of aryl methyl sites for hydroxylation is 2. The molecule has 9 heteroatoms. The Kier molecular flexibility index (Phi) is 6.18. The van der Waals surface area contributed by atoms with Gasteiger partial charge in [-0.25, -0.2) is 14.6 Å². The number of nitrogens with one attached hydrogen (secondary N) is 1. The molecule has 3 aromatic rings. The number of ether oxygens (including phenoxy) is 2. The van der Waals surface area contributed by atoms with Crippen LogP contribution in [0.25, 0.3) is 10.9 Å². The first kappa shape index (κ1) is 20.4. The molecule has 2 heterocycles. The van der Waals surface area contributed by atoms with Crippen LogP contribution in [0.1, 0.15) is 38.3 Å². The van der Waals surface area contributed by atoms with Crippen molar-refractivity contribution < 1.29 is 23.9 Å². The Balaban J connectivity index is 1.65. The first-order valence-electron chi connectivity index (χ1n) is 8.87. The van der Waals surface area contributed by atoms with E-state index < -0.39 is 24.5 Å². The zero-order chi connectivity index (χ0) is 21.0. The highest BCUT2D eigenvalue weighted by molar-refractivity contribution is 7.17. The van der Waals surface area contributed by atoms with Crippen LogP contribution < -0.4 is 5.32 Å². The van der Waals surface area contributed by atoms with Crippen molar-refractivity contribution in [2.24, 2.45) is 0 Å². The third-order valence-corrected chi connectivity index (χ3v) is 4.96. The van der Waals surface area contributed by atoms with Crippen LogP contribution in [0.3, 0.4) is 0 Å². The first-order chi connectivity index (χ1) is 13.9. The first-order valence-corrected chi connectivity index (χ1v) is 9.68. The maximum atomic E-state index is 12.5. The smallest absolute Gasteiger partial charge is 0.350 e. The number of hydrogen-bond acceptors (Lipinski definition) is 8. The second-order valence-corrected chi connectivity index (χ2v) is 7.11. The van der Waals surface area contributed by atoms with E-state index in [1.165, 1.54) is 0 Å². The molecule has 0 radical (unpaired) electrons. The summed E-state index contributed by atoms with van der Waals surface area (Å²) in [5.41, 5.74) is 2.15. The van der Waals surface area contributed by atoms with E-state index in [0.29, 0.717) is 32.7 Å². The van der Waals surface area contributed by atoms with Crippen LogP contribution in [-0.2, 0) is 14.3 Å². The molecule has 0 bridgehead atoms. The van der Waals surface area contributed by atoms with Gasteiger partial charge in [-0.2, -0.15) is 0 Å². The number of aromatic nitrogens is 2. The zero-order valence-corrected chi connectivity index (χ0v) is 17.0. The summed E-state index contributed by atoms with van der Waals surface area (Å²) >= 11 is 1.00. The number of carbonyl (C=O) groups is 3. The molecule has 0 aliphatic carbocycles. The molecule has 0 fully saturated rings. The summed E-state index contributed by atoms with van der Waals surface area (Å²) in [7, 11) is 0. The molecule has 3 rings (SSSR count). The van der Waals surface area contributed by atoms with E-state index in [1.54, 1.807) is 45.0 Å². The lowest BCUT2D eigenvalue weighted by molar-refractivity contribution is -0.119. The number of nitrogens with zero attached hydrogens (tertiary/aromatic N) is 2. The van der Waals surface area contributed by atoms with Crippen LogP contribution in [0.2, 0.25) is 0 Å². The van der Waals surface area contributed by atoms with E-state index in [1.807, 2.05) is 6.07 Å². The third kappa shape index (κ3) is 4.75. The minimum Gasteiger partial charge on any atom is -0.462 e. The minimum atomic E-state index is -0.621. The van der Waals surface area contributed by atoms with E-state index in [4.69, 9.17) is 9.47 Å². The predicted octanol–water partition coefficient (Wildman–Crippen LogP) is 3.28. The third-order valence-electron chi connectivity index (χ3n) is 3.90. The van der Waals surface area contributed by atoms with Gasteiger partial charge in [0, 0.05) is 11.1 Å². The van der Waals surface area contributed by atoms with Gasteiger partial charge in [0.1, 0.15) is 4.88 Å². The van der Waals surface area contributed by atoms with E-state index in [-0.39, 0.29) is 11.7 Å². The molecular weight excluding hydrogens is 394 g/mol. The maximum Gasteiger partial charge on any atom is 0.350 e. The number of para-hydroxylation sites is 1. The molecule has 1 amide bonds. The van der Waals surface area contributed by atoms with E-state index in [9.17, 15) is 14.4 Å². The van der Waals surface area contributed by atoms with Crippen LogP contribution in [0.4, 0.5) is 5.13 Å². The number of esters is 2. The Morgan fingerprint density at radius 1 is 1.07 bits per heavy atom. The van der Waals surface area contributed by atoms with Crippen molar-refractivity contribution in [3.8, 4) is 0 Å². The van der Waals surface area contributed by atoms with Crippen molar-refractivity contribution in [1.29, 1.82) is 0 Å². The number of pyridine rings is 1. The van der Waals surface area contributed by atoms with Crippen molar-refractivity contribution >= 4 is 45.2 Å². The summed E-state index contributed by atoms with van der Waals surface area (Å²) in [5, 5.41) is 3.41. The lowest BCUT2D eigenvalue weighted by Crippen LogP contribution is -2.21. The number of rotatable bonds is 6. The molecule has 2 aromatic heterocycles. The fourth-order valence-corrected chi connectivity index (χ4v) is 3.55. The monoisotopic (exact) mass is 413 g/mol. The second-order valence-electron chi connectivity index (χ2n) is 6.11. The molecule has 0 saturated heterocycles. The van der Waals surface area contributed by atoms with Crippen molar-refractivity contribution in [1.82, 2.24) is 9.97 Å². The molecular formula is C20H19N3O5S. The van der Waals surface area contributed by atoms with Crippen LogP contribution in [0.5, 0.6) is 0 Å². The number of hydrogen-bond donors (Lipinski definition) is 1. The fraction of sp³-hybridized carbons (Fsp3) is 0.250. The highest BCUT2D eigenvalue weighted by Crippen LogP contribution is 2.23. The van der Waals surface area contributed by atoms with E-state index >= 15 is 0 Å². The summed E-state index contributed by atoms with van der Waals surface area (Å²) in [6.07, 6.45) is 0. The summed E-state index contributed by atoms with van der Waals surface area (Å²) < 4.78 is 10.1. The molecule has 8 nitrogen and oxygen atoms in total. The normalized spacial score (nSPS) is 10.6. The number of benzene rings is 1. The van der Waals surface area contributed by atoms with Gasteiger partial charge in [0.2, 0.25) is 0 Å². The summed E-state index contributed by atoms with van der Waals surface area (Å²) in [5.74, 6) is -1.67. The molecule has 150 valence electrons. The molecule has 29 heavy (non-hydrogen) atoms. The van der Waals surface area contributed by atoms with Gasteiger partial charge in [0.15, 0.2) is 11.7 Å². The average Bonchev–Trinajstić information content (AvgIpc) is 3.05. The summed E-state index contributed by atoms with van der Waals surface area (Å²) in [4.78, 5) is 45.3. The second kappa shape index (κ2) is 8.78. The van der Waals surface area contributed by atoms with Gasteiger partial charge in [0.05, 0.1) is 23.4 Å². The number of carbonyl (C=O) groups excluding carboxylic acids is 3. The Labute approximate surface area is 170 Å². The molecule has 0 saturated carbocycles. The highest BCUT2D eigenvalue weighted by Gasteiger charge is 2.19. The molecule has 0 unspecified atom stereocenters. The van der Waals surface area contributed by atoms with Crippen molar-refractivity contribution in [2.75, 3.05) is 18.5 Å². The van der Waals surface area contributed by atoms with Gasteiger partial charge in [-0.15, -0.1) is 0 Å².